The fourth-order valence-electron chi connectivity index (χ4n) is 4.70. The molecule has 1 amide bonds. The molecule has 0 spiro atoms. The van der Waals surface area contributed by atoms with Gasteiger partial charge in [-0.3, -0.25) is 10.2 Å². The SMILES string of the molecule is CC(=N)NC1CCC(C(=O)N2CCN(S(=O)(=O)c3ccc4cc(Cl)ccc4c3)CC2)CC1. The summed E-state index contributed by atoms with van der Waals surface area (Å²) in [6, 6.07) is 10.7. The number of nitrogens with one attached hydrogen (secondary N) is 2. The van der Waals surface area contributed by atoms with Crippen LogP contribution in [-0.4, -0.2) is 61.6 Å². The van der Waals surface area contributed by atoms with E-state index in [4.69, 9.17) is 17.0 Å². The molecule has 0 aromatic heterocycles. The lowest BCUT2D eigenvalue weighted by atomic mass is 9.85. The Morgan fingerprint density at radius 3 is 2.28 bits per heavy atom. The highest BCUT2D eigenvalue weighted by Gasteiger charge is 2.34. The molecule has 0 bridgehead atoms. The number of halogens is 1. The van der Waals surface area contributed by atoms with Crippen molar-refractivity contribution in [2.45, 2.75) is 43.5 Å². The van der Waals surface area contributed by atoms with E-state index in [1.165, 1.54) is 4.31 Å². The standard InChI is InChI=1S/C23H29ClN4O3S/c1-16(25)26-21-7-3-17(4-8-21)23(29)27-10-12-28(13-11-27)32(30,31)22-9-5-18-14-20(24)6-2-19(18)15-22/h2,5-6,9,14-15,17,21H,3-4,7-8,10-13H2,1H3,(H2,25,26). The van der Waals surface area contributed by atoms with Crippen LogP contribution in [0.1, 0.15) is 32.6 Å². The lowest BCUT2D eigenvalue weighted by molar-refractivity contribution is -0.137. The summed E-state index contributed by atoms with van der Waals surface area (Å²) in [4.78, 5) is 15.0. The normalized spacial score (nSPS) is 22.6. The summed E-state index contributed by atoms with van der Waals surface area (Å²) in [5, 5.41) is 13.0. The Morgan fingerprint density at radius 2 is 1.62 bits per heavy atom. The molecule has 2 fully saturated rings. The number of benzene rings is 2. The van der Waals surface area contributed by atoms with E-state index in [9.17, 15) is 13.2 Å². The zero-order valence-electron chi connectivity index (χ0n) is 18.2. The highest BCUT2D eigenvalue weighted by atomic mass is 35.5. The summed E-state index contributed by atoms with van der Waals surface area (Å²) in [7, 11) is -3.62. The molecule has 2 aromatic rings. The molecule has 0 atom stereocenters. The Kier molecular flexibility index (Phi) is 6.74. The molecule has 2 aliphatic rings. The molecule has 4 rings (SSSR count). The van der Waals surface area contributed by atoms with Crippen LogP contribution >= 0.6 is 11.6 Å². The first-order valence-electron chi connectivity index (χ1n) is 11.0. The van der Waals surface area contributed by atoms with Gasteiger partial charge in [0, 0.05) is 43.2 Å². The number of rotatable bonds is 4. The van der Waals surface area contributed by atoms with E-state index in [0.717, 1.165) is 36.5 Å². The summed E-state index contributed by atoms with van der Waals surface area (Å²) in [6.45, 7) is 3.17. The Bertz CT molecular complexity index is 1120. The van der Waals surface area contributed by atoms with Gasteiger partial charge in [-0.2, -0.15) is 4.31 Å². The molecular weight excluding hydrogens is 448 g/mol. The summed E-state index contributed by atoms with van der Waals surface area (Å²) in [5.74, 6) is 0.594. The van der Waals surface area contributed by atoms with Crippen molar-refractivity contribution in [3.8, 4) is 0 Å². The number of amides is 1. The Morgan fingerprint density at radius 1 is 1.00 bits per heavy atom. The molecule has 1 heterocycles. The van der Waals surface area contributed by atoms with Crippen LogP contribution in [0.5, 0.6) is 0 Å². The average molecular weight is 477 g/mol. The molecule has 0 radical (unpaired) electrons. The highest BCUT2D eigenvalue weighted by Crippen LogP contribution is 2.28. The fraction of sp³-hybridized carbons (Fsp3) is 0.478. The van der Waals surface area contributed by atoms with Crippen LogP contribution in [0.2, 0.25) is 5.02 Å². The largest absolute Gasteiger partial charge is 0.372 e. The zero-order valence-corrected chi connectivity index (χ0v) is 19.8. The topological polar surface area (TPSA) is 93.6 Å². The fourth-order valence-corrected chi connectivity index (χ4v) is 6.34. The molecule has 1 aliphatic carbocycles. The van der Waals surface area contributed by atoms with Gasteiger partial charge in [0.05, 0.1) is 10.7 Å². The van der Waals surface area contributed by atoms with Crippen LogP contribution in [0.25, 0.3) is 10.8 Å². The summed E-state index contributed by atoms with van der Waals surface area (Å²) < 4.78 is 27.8. The smallest absolute Gasteiger partial charge is 0.243 e. The molecule has 7 nitrogen and oxygen atoms in total. The number of hydrogen-bond donors (Lipinski definition) is 2. The third-order valence-corrected chi connectivity index (χ3v) is 8.59. The van der Waals surface area contributed by atoms with Crippen LogP contribution in [0.3, 0.4) is 0 Å². The minimum atomic E-state index is -3.62. The molecule has 2 aromatic carbocycles. The first-order valence-corrected chi connectivity index (χ1v) is 12.9. The molecule has 172 valence electrons. The Labute approximate surface area is 194 Å². The number of carbonyl (C=O) groups excluding carboxylic acids is 1. The van der Waals surface area contributed by atoms with Gasteiger partial charge in [-0.15, -0.1) is 0 Å². The highest BCUT2D eigenvalue weighted by molar-refractivity contribution is 7.89. The van der Waals surface area contributed by atoms with Crippen molar-refractivity contribution >= 4 is 44.1 Å². The Balaban J connectivity index is 1.36. The monoisotopic (exact) mass is 476 g/mol. The lowest BCUT2D eigenvalue weighted by Crippen LogP contribution is -2.52. The van der Waals surface area contributed by atoms with Crippen LogP contribution in [0.15, 0.2) is 41.3 Å². The number of piperazine rings is 1. The molecule has 0 unspecified atom stereocenters. The molecule has 2 N–H and O–H groups in total. The van der Waals surface area contributed by atoms with Crippen LogP contribution in [-0.2, 0) is 14.8 Å². The first kappa shape index (κ1) is 23.0. The molecule has 1 saturated carbocycles. The van der Waals surface area contributed by atoms with E-state index >= 15 is 0 Å². The number of nitrogens with zero attached hydrogens (tertiary/aromatic N) is 2. The van der Waals surface area contributed by atoms with Crippen LogP contribution in [0.4, 0.5) is 0 Å². The molecule has 32 heavy (non-hydrogen) atoms. The second kappa shape index (κ2) is 9.37. The van der Waals surface area contributed by atoms with Gasteiger partial charge in [-0.25, -0.2) is 8.42 Å². The van der Waals surface area contributed by atoms with E-state index in [1.54, 1.807) is 31.2 Å². The van der Waals surface area contributed by atoms with Crippen molar-refractivity contribution in [1.29, 1.82) is 5.41 Å². The second-order valence-electron chi connectivity index (χ2n) is 8.70. The lowest BCUT2D eigenvalue weighted by Gasteiger charge is -2.37. The number of hydrogen-bond acceptors (Lipinski definition) is 4. The maximum absolute atomic E-state index is 13.2. The maximum atomic E-state index is 13.2. The van der Waals surface area contributed by atoms with Gasteiger partial charge in [0.2, 0.25) is 15.9 Å². The average Bonchev–Trinajstić information content (AvgIpc) is 2.78. The predicted molar refractivity (Wildman–Crippen MR) is 127 cm³/mol. The zero-order chi connectivity index (χ0) is 22.9. The van der Waals surface area contributed by atoms with Gasteiger partial charge in [0.15, 0.2) is 0 Å². The van der Waals surface area contributed by atoms with Crippen LogP contribution < -0.4 is 5.32 Å². The van der Waals surface area contributed by atoms with Crippen molar-refractivity contribution in [2.75, 3.05) is 26.2 Å². The third kappa shape index (κ3) is 4.92. The van der Waals surface area contributed by atoms with Gasteiger partial charge < -0.3 is 10.2 Å². The molecule has 1 saturated heterocycles. The van der Waals surface area contributed by atoms with Crippen molar-refractivity contribution in [2.24, 2.45) is 5.92 Å². The van der Waals surface area contributed by atoms with Gasteiger partial charge in [0.25, 0.3) is 0 Å². The second-order valence-corrected chi connectivity index (χ2v) is 11.1. The molecule has 1 aliphatic heterocycles. The van der Waals surface area contributed by atoms with Crippen molar-refractivity contribution in [1.82, 2.24) is 14.5 Å². The first-order chi connectivity index (χ1) is 15.2. The van der Waals surface area contributed by atoms with Crippen LogP contribution in [0, 0.1) is 11.3 Å². The number of sulfonamides is 1. The van der Waals surface area contributed by atoms with Gasteiger partial charge in [-0.05, 0) is 67.6 Å². The quantitative estimate of drug-likeness (QED) is 0.522. The summed E-state index contributed by atoms with van der Waals surface area (Å²) in [5.41, 5.74) is 0. The van der Waals surface area contributed by atoms with Gasteiger partial charge in [0.1, 0.15) is 0 Å². The summed E-state index contributed by atoms with van der Waals surface area (Å²) >= 11 is 6.02. The van der Waals surface area contributed by atoms with E-state index in [2.05, 4.69) is 5.32 Å². The predicted octanol–water partition coefficient (Wildman–Crippen LogP) is 3.47. The number of fused-ring (bicyclic) bond motifs is 1. The molecular formula is C23H29ClN4O3S. The van der Waals surface area contributed by atoms with Gasteiger partial charge >= 0.3 is 0 Å². The number of amidine groups is 1. The minimum Gasteiger partial charge on any atom is -0.372 e. The van der Waals surface area contributed by atoms with E-state index in [0.29, 0.717) is 37.0 Å². The molecule has 9 heteroatoms. The summed E-state index contributed by atoms with van der Waals surface area (Å²) in [6.07, 6.45) is 3.38. The minimum absolute atomic E-state index is 0.00504. The third-order valence-electron chi connectivity index (χ3n) is 6.46. The van der Waals surface area contributed by atoms with E-state index in [1.807, 2.05) is 17.0 Å². The van der Waals surface area contributed by atoms with Crippen molar-refractivity contribution in [3.05, 3.63) is 41.4 Å². The van der Waals surface area contributed by atoms with Crippen molar-refractivity contribution < 1.29 is 13.2 Å². The van der Waals surface area contributed by atoms with Gasteiger partial charge in [-0.1, -0.05) is 23.7 Å². The van der Waals surface area contributed by atoms with E-state index in [-0.39, 0.29) is 22.8 Å². The van der Waals surface area contributed by atoms with E-state index < -0.39 is 10.0 Å². The Hall–Kier alpha value is -2.16. The maximum Gasteiger partial charge on any atom is 0.243 e. The number of carbonyl (C=O) groups is 1. The van der Waals surface area contributed by atoms with Crippen molar-refractivity contribution in [3.63, 3.8) is 0 Å².